The van der Waals surface area contributed by atoms with Gasteiger partial charge in [0, 0.05) is 18.3 Å². The molecule has 4 nitrogen and oxygen atoms in total. The number of anilines is 1. The van der Waals surface area contributed by atoms with Crippen LogP contribution in [0.5, 0.6) is 5.75 Å². The van der Waals surface area contributed by atoms with Gasteiger partial charge in [-0.2, -0.15) is 0 Å². The van der Waals surface area contributed by atoms with Gasteiger partial charge in [-0.3, -0.25) is 4.79 Å². The maximum absolute atomic E-state index is 14.3. The van der Waals surface area contributed by atoms with Gasteiger partial charge in [0.25, 0.3) is 5.91 Å². The number of nitrogens with two attached hydrogens (primary N) is 1. The first-order valence-electron chi connectivity index (χ1n) is 9.31. The number of carbonyl (C=O) groups is 1. The molecule has 2 aromatic carbocycles. The van der Waals surface area contributed by atoms with Crippen molar-refractivity contribution in [3.05, 3.63) is 59.2 Å². The van der Waals surface area contributed by atoms with Crippen molar-refractivity contribution in [1.82, 2.24) is 0 Å². The Hall–Kier alpha value is -2.63. The fraction of sp³-hybridized carbons (Fsp3) is 0.381. The molecule has 1 aliphatic heterocycles. The lowest BCUT2D eigenvalue weighted by atomic mass is 10.0. The van der Waals surface area contributed by atoms with Crippen molar-refractivity contribution in [3.8, 4) is 5.75 Å². The van der Waals surface area contributed by atoms with Gasteiger partial charge in [-0.1, -0.05) is 0 Å². The Bertz CT molecular complexity index is 850. The summed E-state index contributed by atoms with van der Waals surface area (Å²) in [7, 11) is 0. The van der Waals surface area contributed by atoms with Gasteiger partial charge in [0.2, 0.25) is 0 Å². The number of amides is 1. The zero-order chi connectivity index (χ0) is 19.0. The first-order chi connectivity index (χ1) is 13.0. The summed E-state index contributed by atoms with van der Waals surface area (Å²) in [5.74, 6) is -0.863. The average Bonchev–Trinajstić information content (AvgIpc) is 3.47. The van der Waals surface area contributed by atoms with Crippen LogP contribution in [0.4, 0.5) is 14.5 Å². The fourth-order valence-corrected chi connectivity index (χ4v) is 3.68. The highest BCUT2D eigenvalue weighted by Gasteiger charge is 2.31. The highest BCUT2D eigenvalue weighted by atomic mass is 19.1. The predicted molar refractivity (Wildman–Crippen MR) is 99.2 cm³/mol. The lowest BCUT2D eigenvalue weighted by Gasteiger charge is -2.35. The minimum absolute atomic E-state index is 0.0826. The Balaban J connectivity index is 1.54. The van der Waals surface area contributed by atoms with Crippen LogP contribution in [-0.2, 0) is 0 Å². The van der Waals surface area contributed by atoms with Gasteiger partial charge in [-0.15, -0.1) is 0 Å². The third-order valence-electron chi connectivity index (χ3n) is 5.25. The SMILES string of the molecule is NC(=O)c1cc(C2CC2)c(O[C@@H]2CCCN(c3ccc(F)cc3)C2)cc1F. The summed E-state index contributed by atoms with van der Waals surface area (Å²) < 4.78 is 33.6. The second kappa shape index (κ2) is 7.18. The molecule has 27 heavy (non-hydrogen) atoms. The minimum Gasteiger partial charge on any atom is -0.488 e. The monoisotopic (exact) mass is 372 g/mol. The number of nitrogens with zero attached hydrogens (tertiary/aromatic N) is 1. The molecule has 6 heteroatoms. The zero-order valence-corrected chi connectivity index (χ0v) is 15.0. The highest BCUT2D eigenvalue weighted by molar-refractivity contribution is 5.93. The third-order valence-corrected chi connectivity index (χ3v) is 5.25. The second-order valence-corrected chi connectivity index (χ2v) is 7.31. The van der Waals surface area contributed by atoms with E-state index in [2.05, 4.69) is 4.90 Å². The van der Waals surface area contributed by atoms with Crippen molar-refractivity contribution in [2.24, 2.45) is 5.73 Å². The minimum atomic E-state index is -0.763. The first kappa shape index (κ1) is 17.8. The molecule has 1 saturated carbocycles. The Labute approximate surface area is 156 Å². The lowest BCUT2D eigenvalue weighted by molar-refractivity contribution is 0.0996. The third kappa shape index (κ3) is 3.89. The van der Waals surface area contributed by atoms with Crippen LogP contribution in [0.25, 0.3) is 0 Å². The first-order valence-corrected chi connectivity index (χ1v) is 9.31. The van der Waals surface area contributed by atoms with E-state index in [0.29, 0.717) is 18.2 Å². The van der Waals surface area contributed by atoms with Crippen LogP contribution in [0.3, 0.4) is 0 Å². The molecular weight excluding hydrogens is 350 g/mol. The highest BCUT2D eigenvalue weighted by Crippen LogP contribution is 2.45. The molecule has 2 aromatic rings. The molecule has 0 aromatic heterocycles. The van der Waals surface area contributed by atoms with Gasteiger partial charge >= 0.3 is 0 Å². The molecule has 1 aliphatic carbocycles. The number of ether oxygens (including phenoxy) is 1. The lowest BCUT2D eigenvalue weighted by Crippen LogP contribution is -2.41. The van der Waals surface area contributed by atoms with Gasteiger partial charge in [0.05, 0.1) is 12.1 Å². The number of hydrogen-bond acceptors (Lipinski definition) is 3. The summed E-state index contributed by atoms with van der Waals surface area (Å²) in [4.78, 5) is 13.6. The molecule has 1 amide bonds. The van der Waals surface area contributed by atoms with E-state index in [-0.39, 0.29) is 17.5 Å². The average molecular weight is 372 g/mol. The van der Waals surface area contributed by atoms with Gasteiger partial charge in [0.15, 0.2) is 0 Å². The van der Waals surface area contributed by atoms with Crippen LogP contribution < -0.4 is 15.4 Å². The topological polar surface area (TPSA) is 55.6 Å². The summed E-state index contributed by atoms with van der Waals surface area (Å²) in [6, 6.07) is 9.25. The van der Waals surface area contributed by atoms with E-state index < -0.39 is 11.7 Å². The Morgan fingerprint density at radius 3 is 2.52 bits per heavy atom. The van der Waals surface area contributed by atoms with Gasteiger partial charge in [-0.05, 0) is 67.5 Å². The van der Waals surface area contributed by atoms with E-state index in [1.165, 1.54) is 18.2 Å². The second-order valence-electron chi connectivity index (χ2n) is 7.31. The van der Waals surface area contributed by atoms with E-state index in [4.69, 9.17) is 10.5 Å². The molecule has 1 saturated heterocycles. The Morgan fingerprint density at radius 2 is 1.85 bits per heavy atom. The van der Waals surface area contributed by atoms with E-state index in [0.717, 1.165) is 43.5 Å². The smallest absolute Gasteiger partial charge is 0.251 e. The van der Waals surface area contributed by atoms with Crippen LogP contribution in [0.2, 0.25) is 0 Å². The quantitative estimate of drug-likeness (QED) is 0.863. The molecule has 2 N–H and O–H groups in total. The summed E-state index contributed by atoms with van der Waals surface area (Å²) in [5, 5.41) is 0. The predicted octanol–water partition coefficient (Wildman–Crippen LogP) is 3.99. The molecular formula is C21H22F2N2O2. The van der Waals surface area contributed by atoms with Crippen LogP contribution in [0.15, 0.2) is 36.4 Å². The number of rotatable bonds is 5. The summed E-state index contributed by atoms with van der Waals surface area (Å²) >= 11 is 0. The van der Waals surface area contributed by atoms with Crippen LogP contribution in [-0.4, -0.2) is 25.1 Å². The molecule has 0 radical (unpaired) electrons. The van der Waals surface area contributed by atoms with E-state index in [1.54, 1.807) is 18.2 Å². The van der Waals surface area contributed by atoms with Crippen molar-refractivity contribution in [1.29, 1.82) is 0 Å². The largest absolute Gasteiger partial charge is 0.488 e. The maximum Gasteiger partial charge on any atom is 0.251 e. The van der Waals surface area contributed by atoms with Crippen LogP contribution in [0, 0.1) is 11.6 Å². The number of halogens is 2. The Kier molecular flexibility index (Phi) is 4.72. The molecule has 0 unspecified atom stereocenters. The van der Waals surface area contributed by atoms with E-state index in [1.807, 2.05) is 0 Å². The number of piperidine rings is 1. The van der Waals surface area contributed by atoms with Gasteiger partial charge < -0.3 is 15.4 Å². The summed E-state index contributed by atoms with van der Waals surface area (Å²) in [5.41, 5.74) is 7.01. The fourth-order valence-electron chi connectivity index (χ4n) is 3.68. The van der Waals surface area contributed by atoms with Crippen molar-refractivity contribution in [2.75, 3.05) is 18.0 Å². The molecule has 2 aliphatic rings. The molecule has 4 rings (SSSR count). The number of hydrogen-bond donors (Lipinski definition) is 1. The van der Waals surface area contributed by atoms with E-state index in [9.17, 15) is 13.6 Å². The number of carbonyl (C=O) groups excluding carboxylic acids is 1. The van der Waals surface area contributed by atoms with Crippen molar-refractivity contribution in [2.45, 2.75) is 37.7 Å². The van der Waals surface area contributed by atoms with Crippen LogP contribution in [0.1, 0.15) is 47.5 Å². The summed E-state index contributed by atoms with van der Waals surface area (Å²) in [6.45, 7) is 1.52. The molecule has 1 heterocycles. The van der Waals surface area contributed by atoms with Crippen molar-refractivity contribution in [3.63, 3.8) is 0 Å². The Morgan fingerprint density at radius 1 is 1.11 bits per heavy atom. The molecule has 0 spiro atoms. The van der Waals surface area contributed by atoms with Gasteiger partial charge in [-0.25, -0.2) is 8.78 Å². The molecule has 0 bridgehead atoms. The normalized spacial score (nSPS) is 19.8. The van der Waals surface area contributed by atoms with E-state index >= 15 is 0 Å². The standard InChI is InChI=1S/C21H22F2N2O2/c22-14-5-7-15(8-6-14)25-9-1-2-16(12-25)27-20-11-19(23)18(21(24)26)10-17(20)13-3-4-13/h5-8,10-11,13,16H,1-4,9,12H2,(H2,24,26)/t16-/m1/s1. The van der Waals surface area contributed by atoms with Gasteiger partial charge in [0.1, 0.15) is 23.5 Å². The van der Waals surface area contributed by atoms with Crippen molar-refractivity contribution >= 4 is 11.6 Å². The van der Waals surface area contributed by atoms with Crippen molar-refractivity contribution < 1.29 is 18.3 Å². The molecule has 142 valence electrons. The van der Waals surface area contributed by atoms with Crippen LogP contribution >= 0.6 is 0 Å². The summed E-state index contributed by atoms with van der Waals surface area (Å²) in [6.07, 6.45) is 3.71. The number of primary amides is 1. The number of benzene rings is 2. The maximum atomic E-state index is 14.3. The molecule has 2 fully saturated rings. The zero-order valence-electron chi connectivity index (χ0n) is 15.0. The molecule has 1 atom stereocenters.